The molecule has 2 N–H and O–H groups in total. The number of rotatable bonds is 4. The normalized spacial score (nSPS) is 18.1. The van der Waals surface area contributed by atoms with E-state index in [-0.39, 0.29) is 26.6 Å². The lowest BCUT2D eigenvalue weighted by Crippen LogP contribution is -2.07. The first-order valence-electron chi connectivity index (χ1n) is 6.22. The van der Waals surface area contributed by atoms with Gasteiger partial charge in [0.15, 0.2) is 10.8 Å². The van der Waals surface area contributed by atoms with Gasteiger partial charge >= 0.3 is 5.97 Å². The number of nitrogens with zero attached hydrogens (tertiary/aromatic N) is 2. The summed E-state index contributed by atoms with van der Waals surface area (Å²) in [6.07, 6.45) is 8.94. The number of hydrogen-bond acceptors (Lipinski definition) is 4. The van der Waals surface area contributed by atoms with E-state index >= 15 is 0 Å². The Kier molecular flexibility index (Phi) is 5.45. The van der Waals surface area contributed by atoms with E-state index in [1.807, 2.05) is 0 Å². The number of carboxylic acids is 1. The van der Waals surface area contributed by atoms with E-state index < -0.39 is 5.97 Å². The summed E-state index contributed by atoms with van der Waals surface area (Å²) in [5.41, 5.74) is 2.42. The third-order valence-corrected chi connectivity index (χ3v) is 4.12. The monoisotopic (exact) mass is 347 g/mol. The van der Waals surface area contributed by atoms with Crippen LogP contribution in [0, 0.1) is 5.92 Å². The molecule has 1 aliphatic carbocycles. The molecular formula is C13H12Cl3N3O2. The minimum Gasteiger partial charge on any atom is -0.476 e. The second-order valence-corrected chi connectivity index (χ2v) is 5.61. The van der Waals surface area contributed by atoms with Gasteiger partial charge in [0.2, 0.25) is 0 Å². The van der Waals surface area contributed by atoms with Gasteiger partial charge in [-0.15, -0.1) is 0 Å². The Labute approximate surface area is 136 Å². The van der Waals surface area contributed by atoms with E-state index in [4.69, 9.17) is 39.9 Å². The van der Waals surface area contributed by atoms with Crippen LogP contribution in [0.2, 0.25) is 15.2 Å². The highest BCUT2D eigenvalue weighted by molar-refractivity contribution is 6.46. The largest absolute Gasteiger partial charge is 0.476 e. The SMILES string of the molecule is O=C(O)c1nc(Cl)c(Cl)c(N/N=C\[C@@H]2CC=CCC2)c1Cl. The first-order valence-corrected chi connectivity index (χ1v) is 7.36. The average molecular weight is 349 g/mol. The van der Waals surface area contributed by atoms with E-state index in [0.29, 0.717) is 5.92 Å². The standard InChI is InChI=1S/C13H12Cl3N3O2/c14-8-10(9(15)12(16)18-11(8)13(20)21)19-17-6-7-4-2-1-3-5-7/h1-2,6-7H,3-5H2,(H,18,19)(H,20,21)/b17-6-/t7-/m1/s1. The molecule has 2 rings (SSSR count). The van der Waals surface area contributed by atoms with Crippen LogP contribution in [0.3, 0.4) is 0 Å². The molecule has 0 saturated carbocycles. The number of aromatic nitrogens is 1. The van der Waals surface area contributed by atoms with Crippen molar-refractivity contribution < 1.29 is 9.90 Å². The van der Waals surface area contributed by atoms with E-state index in [0.717, 1.165) is 19.3 Å². The molecule has 8 heteroatoms. The third kappa shape index (κ3) is 3.87. The Bertz CT molecular complexity index is 617. The van der Waals surface area contributed by atoms with E-state index in [1.54, 1.807) is 6.21 Å². The molecule has 0 spiro atoms. The number of hydrogen-bond donors (Lipinski definition) is 2. The second kappa shape index (κ2) is 7.11. The number of anilines is 1. The predicted molar refractivity (Wildman–Crippen MR) is 84.8 cm³/mol. The van der Waals surface area contributed by atoms with E-state index in [2.05, 4.69) is 27.7 Å². The highest BCUT2D eigenvalue weighted by Crippen LogP contribution is 2.36. The predicted octanol–water partition coefficient (Wildman–Crippen LogP) is 4.49. The summed E-state index contributed by atoms with van der Waals surface area (Å²) < 4.78 is 0. The average Bonchev–Trinajstić information content (AvgIpc) is 2.47. The van der Waals surface area contributed by atoms with E-state index in [9.17, 15) is 4.79 Å². The molecule has 1 aromatic heterocycles. The molecule has 0 aliphatic heterocycles. The molecule has 0 fully saturated rings. The van der Waals surface area contributed by atoms with Gasteiger partial charge in [0.25, 0.3) is 0 Å². The summed E-state index contributed by atoms with van der Waals surface area (Å²) >= 11 is 17.7. The van der Waals surface area contributed by atoms with Crippen LogP contribution in [0.4, 0.5) is 5.69 Å². The molecule has 112 valence electrons. The van der Waals surface area contributed by atoms with Crippen molar-refractivity contribution in [1.29, 1.82) is 0 Å². The first-order chi connectivity index (χ1) is 10.0. The smallest absolute Gasteiger partial charge is 0.356 e. The van der Waals surface area contributed by atoms with Gasteiger partial charge in [0.1, 0.15) is 10.0 Å². The van der Waals surface area contributed by atoms with Crippen molar-refractivity contribution >= 4 is 52.7 Å². The lowest BCUT2D eigenvalue weighted by atomic mass is 9.96. The number of pyridine rings is 1. The molecule has 1 aliphatic rings. The fraction of sp³-hybridized carbons (Fsp3) is 0.308. The van der Waals surface area contributed by atoms with Crippen molar-refractivity contribution in [3.05, 3.63) is 33.0 Å². The molecule has 0 saturated heterocycles. The Hall–Kier alpha value is -1.30. The van der Waals surface area contributed by atoms with E-state index in [1.165, 1.54) is 0 Å². The summed E-state index contributed by atoms with van der Waals surface area (Å²) in [6.45, 7) is 0. The fourth-order valence-corrected chi connectivity index (χ4v) is 2.58. The molecule has 0 amide bonds. The zero-order valence-corrected chi connectivity index (χ0v) is 13.1. The quantitative estimate of drug-likeness (QED) is 0.364. The van der Waals surface area contributed by atoms with Crippen LogP contribution in [0.25, 0.3) is 0 Å². The van der Waals surface area contributed by atoms with Crippen molar-refractivity contribution in [2.24, 2.45) is 11.0 Å². The maximum atomic E-state index is 11.0. The Morgan fingerprint density at radius 1 is 1.38 bits per heavy atom. The molecule has 0 unspecified atom stereocenters. The summed E-state index contributed by atoms with van der Waals surface area (Å²) in [5.74, 6) is -0.959. The van der Waals surface area contributed by atoms with Crippen LogP contribution in [-0.2, 0) is 0 Å². The number of hydrazone groups is 1. The highest BCUT2D eigenvalue weighted by atomic mass is 35.5. The summed E-state index contributed by atoms with van der Waals surface area (Å²) in [6, 6.07) is 0. The molecule has 1 heterocycles. The minimum atomic E-state index is -1.29. The van der Waals surface area contributed by atoms with Crippen LogP contribution in [-0.4, -0.2) is 22.3 Å². The number of carboxylic acid groups (broad SMARTS) is 1. The molecular weight excluding hydrogens is 337 g/mol. The summed E-state index contributed by atoms with van der Waals surface area (Å²) in [5, 5.41) is 12.8. The fourth-order valence-electron chi connectivity index (χ4n) is 1.91. The Morgan fingerprint density at radius 2 is 2.14 bits per heavy atom. The van der Waals surface area contributed by atoms with Gasteiger partial charge in [-0.2, -0.15) is 5.10 Å². The zero-order chi connectivity index (χ0) is 15.4. The molecule has 5 nitrogen and oxygen atoms in total. The molecule has 0 bridgehead atoms. The van der Waals surface area contributed by atoms with Crippen molar-refractivity contribution in [3.63, 3.8) is 0 Å². The molecule has 0 radical (unpaired) electrons. The highest BCUT2D eigenvalue weighted by Gasteiger charge is 2.20. The van der Waals surface area contributed by atoms with Crippen LogP contribution in [0.1, 0.15) is 29.8 Å². The molecule has 21 heavy (non-hydrogen) atoms. The number of halogens is 3. The molecule has 1 atom stereocenters. The van der Waals surface area contributed by atoms with Gasteiger partial charge in [-0.05, 0) is 25.2 Å². The summed E-state index contributed by atoms with van der Waals surface area (Å²) in [4.78, 5) is 14.7. The van der Waals surface area contributed by atoms with Gasteiger partial charge in [0.05, 0.1) is 5.69 Å². The van der Waals surface area contributed by atoms with Gasteiger partial charge in [-0.3, -0.25) is 5.43 Å². The second-order valence-electron chi connectivity index (χ2n) is 4.49. The zero-order valence-electron chi connectivity index (χ0n) is 10.8. The van der Waals surface area contributed by atoms with Gasteiger partial charge in [-0.1, -0.05) is 47.0 Å². The lowest BCUT2D eigenvalue weighted by Gasteiger charge is -2.13. The topological polar surface area (TPSA) is 74.6 Å². The van der Waals surface area contributed by atoms with Gasteiger partial charge in [0, 0.05) is 6.21 Å². The van der Waals surface area contributed by atoms with Crippen LogP contribution in [0.5, 0.6) is 0 Å². The number of allylic oxidation sites excluding steroid dienone is 2. The Morgan fingerprint density at radius 3 is 2.76 bits per heavy atom. The van der Waals surface area contributed by atoms with Crippen molar-refractivity contribution in [3.8, 4) is 0 Å². The number of nitrogens with one attached hydrogen (secondary N) is 1. The lowest BCUT2D eigenvalue weighted by molar-refractivity contribution is 0.0691. The van der Waals surface area contributed by atoms with Crippen molar-refractivity contribution in [2.75, 3.05) is 5.43 Å². The van der Waals surface area contributed by atoms with Gasteiger partial charge in [-0.25, -0.2) is 9.78 Å². The maximum absolute atomic E-state index is 11.0. The van der Waals surface area contributed by atoms with Crippen molar-refractivity contribution in [1.82, 2.24) is 4.98 Å². The first kappa shape index (κ1) is 16.1. The van der Waals surface area contributed by atoms with Crippen LogP contribution >= 0.6 is 34.8 Å². The van der Waals surface area contributed by atoms with Crippen molar-refractivity contribution in [2.45, 2.75) is 19.3 Å². The summed E-state index contributed by atoms with van der Waals surface area (Å²) in [7, 11) is 0. The molecule has 1 aromatic rings. The third-order valence-electron chi connectivity index (χ3n) is 3.01. The van der Waals surface area contributed by atoms with Crippen LogP contribution in [0.15, 0.2) is 17.3 Å². The number of aromatic carboxylic acids is 1. The number of carbonyl (C=O) groups is 1. The minimum absolute atomic E-state index is 0.0346. The Balaban J connectivity index is 2.21. The maximum Gasteiger partial charge on any atom is 0.356 e. The van der Waals surface area contributed by atoms with Gasteiger partial charge < -0.3 is 5.11 Å². The molecule has 0 aromatic carbocycles. The van der Waals surface area contributed by atoms with Crippen LogP contribution < -0.4 is 5.43 Å².